The van der Waals surface area contributed by atoms with Crippen LogP contribution in [0.4, 0.5) is 5.69 Å². The highest BCUT2D eigenvalue weighted by molar-refractivity contribution is 7.13. The van der Waals surface area contributed by atoms with Crippen molar-refractivity contribution in [3.8, 4) is 5.75 Å². The van der Waals surface area contributed by atoms with Crippen molar-refractivity contribution in [2.24, 2.45) is 0 Å². The van der Waals surface area contributed by atoms with Gasteiger partial charge in [0.1, 0.15) is 15.6 Å². The number of aromatic nitrogens is 1. The van der Waals surface area contributed by atoms with Crippen LogP contribution in [0.2, 0.25) is 0 Å². The van der Waals surface area contributed by atoms with E-state index in [1.807, 2.05) is 55.5 Å². The monoisotopic (exact) mass is 409 g/mol. The first-order valence-electron chi connectivity index (χ1n) is 9.19. The fourth-order valence-electron chi connectivity index (χ4n) is 2.85. The van der Waals surface area contributed by atoms with E-state index in [4.69, 9.17) is 4.74 Å². The van der Waals surface area contributed by atoms with E-state index in [-0.39, 0.29) is 18.2 Å². The third-order valence-corrected chi connectivity index (χ3v) is 5.44. The van der Waals surface area contributed by atoms with Crippen molar-refractivity contribution in [2.75, 3.05) is 12.4 Å². The first-order chi connectivity index (χ1) is 14.0. The van der Waals surface area contributed by atoms with Crippen molar-refractivity contribution in [1.82, 2.24) is 10.3 Å². The zero-order valence-electron chi connectivity index (χ0n) is 16.6. The molecule has 2 amide bonds. The minimum Gasteiger partial charge on any atom is -0.495 e. The van der Waals surface area contributed by atoms with Crippen molar-refractivity contribution in [2.45, 2.75) is 26.8 Å². The molecule has 1 heterocycles. The van der Waals surface area contributed by atoms with Crippen LogP contribution in [0, 0.1) is 13.8 Å². The maximum absolute atomic E-state index is 12.5. The Labute approximate surface area is 173 Å². The Kier molecular flexibility index (Phi) is 6.61. The van der Waals surface area contributed by atoms with E-state index >= 15 is 0 Å². The summed E-state index contributed by atoms with van der Waals surface area (Å²) in [5, 5.41) is 6.35. The quantitative estimate of drug-likeness (QED) is 0.621. The lowest BCUT2D eigenvalue weighted by molar-refractivity contribution is -0.115. The summed E-state index contributed by atoms with van der Waals surface area (Å²) in [5.74, 6) is 0.204. The molecule has 0 radical (unpaired) electrons. The topological polar surface area (TPSA) is 80.3 Å². The van der Waals surface area contributed by atoms with E-state index in [0.717, 1.165) is 11.1 Å². The summed E-state index contributed by atoms with van der Waals surface area (Å²) >= 11 is 1.24. The number of rotatable bonds is 7. The average Bonchev–Trinajstić information content (AvgIpc) is 3.07. The molecule has 6 nitrogen and oxygen atoms in total. The van der Waals surface area contributed by atoms with Gasteiger partial charge in [0.15, 0.2) is 0 Å². The number of anilines is 1. The van der Waals surface area contributed by atoms with E-state index in [1.54, 1.807) is 14.0 Å². The summed E-state index contributed by atoms with van der Waals surface area (Å²) in [6.45, 7) is 4.17. The summed E-state index contributed by atoms with van der Waals surface area (Å²) in [5.41, 5.74) is 3.28. The third-order valence-electron chi connectivity index (χ3n) is 4.28. The van der Waals surface area contributed by atoms with E-state index < -0.39 is 0 Å². The summed E-state index contributed by atoms with van der Waals surface area (Å²) in [6, 6.07) is 15.3. The van der Waals surface area contributed by atoms with Gasteiger partial charge in [-0.15, -0.1) is 11.3 Å². The number of ether oxygens (including phenoxy) is 1. The highest BCUT2D eigenvalue weighted by Gasteiger charge is 2.17. The second-order valence-corrected chi connectivity index (χ2v) is 7.70. The molecule has 0 aliphatic carbocycles. The Balaban J connectivity index is 1.63. The lowest BCUT2D eigenvalue weighted by atomic mass is 10.2. The Morgan fingerprint density at radius 3 is 2.59 bits per heavy atom. The van der Waals surface area contributed by atoms with Gasteiger partial charge in [-0.1, -0.05) is 36.4 Å². The Hall–Kier alpha value is -3.19. The molecule has 0 saturated carbocycles. The number of hydrogen-bond donors (Lipinski definition) is 2. The molecule has 0 saturated heterocycles. The molecule has 0 spiro atoms. The van der Waals surface area contributed by atoms with Gasteiger partial charge in [0.2, 0.25) is 5.91 Å². The second kappa shape index (κ2) is 9.34. The van der Waals surface area contributed by atoms with E-state index in [2.05, 4.69) is 15.6 Å². The van der Waals surface area contributed by atoms with Crippen LogP contribution < -0.4 is 15.4 Å². The molecule has 3 aromatic rings. The number of hydrogen-bond acceptors (Lipinski definition) is 5. The van der Waals surface area contributed by atoms with Crippen molar-refractivity contribution < 1.29 is 14.3 Å². The van der Waals surface area contributed by atoms with Gasteiger partial charge in [0.05, 0.1) is 24.9 Å². The number of methoxy groups -OCH3 is 1. The number of thiazole rings is 1. The smallest absolute Gasteiger partial charge is 0.263 e. The zero-order valence-corrected chi connectivity index (χ0v) is 17.4. The lowest BCUT2D eigenvalue weighted by Crippen LogP contribution is -2.22. The molecular weight excluding hydrogens is 386 g/mol. The third kappa shape index (κ3) is 5.42. The summed E-state index contributed by atoms with van der Waals surface area (Å²) in [4.78, 5) is 29.9. The lowest BCUT2D eigenvalue weighted by Gasteiger charge is -2.10. The van der Waals surface area contributed by atoms with Gasteiger partial charge < -0.3 is 15.4 Å². The van der Waals surface area contributed by atoms with Crippen molar-refractivity contribution in [1.29, 1.82) is 0 Å². The molecule has 0 atom stereocenters. The van der Waals surface area contributed by atoms with Crippen LogP contribution in [0.3, 0.4) is 0 Å². The number of nitrogens with one attached hydrogen (secondary N) is 2. The van der Waals surface area contributed by atoms with Gasteiger partial charge in [-0.2, -0.15) is 0 Å². The van der Waals surface area contributed by atoms with Gasteiger partial charge in [-0.3, -0.25) is 9.59 Å². The van der Waals surface area contributed by atoms with Crippen molar-refractivity contribution >= 4 is 28.8 Å². The molecule has 7 heteroatoms. The molecule has 0 unspecified atom stereocenters. The first kappa shape index (κ1) is 20.5. The Bertz CT molecular complexity index is 1020. The largest absolute Gasteiger partial charge is 0.495 e. The van der Waals surface area contributed by atoms with Crippen LogP contribution in [0.1, 0.15) is 31.5 Å². The predicted molar refractivity (Wildman–Crippen MR) is 115 cm³/mol. The highest BCUT2D eigenvalue weighted by atomic mass is 32.1. The number of benzene rings is 2. The Morgan fingerprint density at radius 2 is 1.86 bits per heavy atom. The van der Waals surface area contributed by atoms with E-state index in [0.29, 0.717) is 33.6 Å². The predicted octanol–water partition coefficient (Wildman–Crippen LogP) is 3.88. The van der Waals surface area contributed by atoms with Gasteiger partial charge in [0.25, 0.3) is 5.91 Å². The maximum atomic E-state index is 12.5. The van der Waals surface area contributed by atoms with Gasteiger partial charge in [-0.05, 0) is 37.1 Å². The normalized spacial score (nSPS) is 10.4. The Morgan fingerprint density at radius 1 is 1.10 bits per heavy atom. The number of carbonyl (C=O) groups is 2. The number of aryl methyl sites for hydroxylation is 2. The van der Waals surface area contributed by atoms with Crippen LogP contribution in [0.5, 0.6) is 5.75 Å². The van der Waals surface area contributed by atoms with Crippen LogP contribution in [-0.2, 0) is 17.8 Å². The fourth-order valence-corrected chi connectivity index (χ4v) is 3.83. The summed E-state index contributed by atoms with van der Waals surface area (Å²) in [7, 11) is 1.56. The second-order valence-electron chi connectivity index (χ2n) is 6.62. The fraction of sp³-hybridized carbons (Fsp3) is 0.227. The molecule has 0 aliphatic rings. The molecule has 1 aromatic heterocycles. The minimum atomic E-state index is -0.209. The summed E-state index contributed by atoms with van der Waals surface area (Å²) in [6.07, 6.45) is 0.0918. The molecular formula is C22H23N3O3S. The van der Waals surface area contributed by atoms with Crippen molar-refractivity contribution in [3.63, 3.8) is 0 Å². The van der Waals surface area contributed by atoms with Crippen LogP contribution >= 0.6 is 11.3 Å². The molecule has 3 rings (SSSR count). The first-order valence-corrected chi connectivity index (χ1v) is 10.0. The highest BCUT2D eigenvalue weighted by Crippen LogP contribution is 2.26. The molecule has 2 aromatic carbocycles. The van der Waals surface area contributed by atoms with Crippen LogP contribution in [0.25, 0.3) is 0 Å². The standard InChI is InChI=1S/C22H23N3O3S/c1-14-9-10-18(28-3)17(11-14)25-19(26)12-20-24-15(2)21(29-20)22(27)23-13-16-7-5-4-6-8-16/h4-11H,12-13H2,1-3H3,(H,23,27)(H,25,26). The SMILES string of the molecule is COc1ccc(C)cc1NC(=O)Cc1nc(C)c(C(=O)NCc2ccccc2)s1. The van der Waals surface area contributed by atoms with Gasteiger partial charge in [0, 0.05) is 6.54 Å². The van der Waals surface area contributed by atoms with Crippen molar-refractivity contribution in [3.05, 3.63) is 75.2 Å². The average molecular weight is 410 g/mol. The van der Waals surface area contributed by atoms with Gasteiger partial charge >= 0.3 is 0 Å². The number of carbonyl (C=O) groups excluding carboxylic acids is 2. The molecule has 29 heavy (non-hydrogen) atoms. The molecule has 150 valence electrons. The molecule has 0 fully saturated rings. The molecule has 2 N–H and O–H groups in total. The molecule has 0 bridgehead atoms. The number of amides is 2. The molecule has 0 aliphatic heterocycles. The maximum Gasteiger partial charge on any atom is 0.263 e. The van der Waals surface area contributed by atoms with Gasteiger partial charge in [-0.25, -0.2) is 4.98 Å². The minimum absolute atomic E-state index is 0.0918. The van der Waals surface area contributed by atoms with Crippen LogP contribution in [0.15, 0.2) is 48.5 Å². The van der Waals surface area contributed by atoms with E-state index in [1.165, 1.54) is 11.3 Å². The zero-order chi connectivity index (χ0) is 20.8. The number of nitrogens with zero attached hydrogens (tertiary/aromatic N) is 1. The van der Waals surface area contributed by atoms with Crippen LogP contribution in [-0.4, -0.2) is 23.9 Å². The van der Waals surface area contributed by atoms with E-state index in [9.17, 15) is 9.59 Å². The summed E-state index contributed by atoms with van der Waals surface area (Å²) < 4.78 is 5.29.